The Hall–Kier alpha value is -2.40. The van der Waals surface area contributed by atoms with E-state index < -0.39 is 11.6 Å². The molecule has 42 heavy (non-hydrogen) atoms. The minimum atomic E-state index is -0.969. The monoisotopic (exact) mass is 580 g/mol. The summed E-state index contributed by atoms with van der Waals surface area (Å²) in [5.41, 5.74) is 2.83. The predicted molar refractivity (Wildman–Crippen MR) is 166 cm³/mol. The molecule has 3 nitrogen and oxygen atoms in total. The highest BCUT2D eigenvalue weighted by atomic mass is 19.2. The molecule has 0 heterocycles. The first kappa shape index (κ1) is 31.0. The van der Waals surface area contributed by atoms with E-state index >= 15 is 0 Å². The van der Waals surface area contributed by atoms with Crippen molar-refractivity contribution in [2.24, 2.45) is 29.1 Å². The molecule has 4 aliphatic rings. The predicted octanol–water partition coefficient (Wildman–Crippen LogP) is 9.93. The number of hydrogen-bond acceptors (Lipinski definition) is 3. The van der Waals surface area contributed by atoms with Crippen LogP contribution in [0.5, 0.6) is 11.5 Å². The zero-order chi connectivity index (χ0) is 29.7. The highest BCUT2D eigenvalue weighted by Crippen LogP contribution is 2.47. The van der Waals surface area contributed by atoms with Crippen molar-refractivity contribution in [1.29, 1.82) is 0 Å². The summed E-state index contributed by atoms with van der Waals surface area (Å²) in [6.07, 6.45) is 25.6. The summed E-state index contributed by atoms with van der Waals surface area (Å²) in [6.45, 7) is 9.96. The van der Waals surface area contributed by atoms with Gasteiger partial charge >= 0.3 is 0 Å². The van der Waals surface area contributed by atoms with Crippen LogP contribution in [-0.2, 0) is 4.74 Å². The molecule has 0 N–H and O–H groups in total. The van der Waals surface area contributed by atoms with Crippen LogP contribution in [-0.4, -0.2) is 25.4 Å². The second-order valence-electron chi connectivity index (χ2n) is 13.7. The van der Waals surface area contributed by atoms with Crippen molar-refractivity contribution >= 4 is 0 Å². The van der Waals surface area contributed by atoms with E-state index in [1.807, 2.05) is 0 Å². The van der Waals surface area contributed by atoms with Gasteiger partial charge in [-0.05, 0) is 124 Å². The van der Waals surface area contributed by atoms with Gasteiger partial charge in [0.25, 0.3) is 0 Å². The summed E-state index contributed by atoms with van der Waals surface area (Å²) in [5.74, 6) is 0.440. The number of benzene rings is 1. The van der Waals surface area contributed by atoms with Crippen LogP contribution in [0.25, 0.3) is 0 Å². The molecule has 4 aliphatic carbocycles. The Morgan fingerprint density at radius 1 is 0.833 bits per heavy atom. The van der Waals surface area contributed by atoms with Crippen molar-refractivity contribution in [1.82, 2.24) is 0 Å². The van der Waals surface area contributed by atoms with Gasteiger partial charge in [0.05, 0.1) is 25.4 Å². The van der Waals surface area contributed by atoms with E-state index in [0.29, 0.717) is 43.0 Å². The molecule has 0 aromatic heterocycles. The Morgan fingerprint density at radius 3 is 2.24 bits per heavy atom. The molecule has 5 rings (SSSR count). The fraction of sp³-hybridized carbons (Fsp3) is 0.622. The van der Waals surface area contributed by atoms with Crippen LogP contribution in [0.4, 0.5) is 8.78 Å². The molecule has 0 radical (unpaired) electrons. The number of hydrogen-bond donors (Lipinski definition) is 0. The summed E-state index contributed by atoms with van der Waals surface area (Å²) in [6, 6.07) is 2.93. The van der Waals surface area contributed by atoms with Gasteiger partial charge in [-0.15, -0.1) is 0 Å². The van der Waals surface area contributed by atoms with Crippen molar-refractivity contribution in [3.63, 3.8) is 0 Å². The smallest absolute Gasteiger partial charge is 0.204 e. The Kier molecular flexibility index (Phi) is 9.97. The highest BCUT2D eigenvalue weighted by Gasteiger charge is 2.37. The number of fused-ring (bicyclic) bond motifs is 1. The van der Waals surface area contributed by atoms with Crippen molar-refractivity contribution in [2.45, 2.75) is 97.5 Å². The van der Waals surface area contributed by atoms with Crippen molar-refractivity contribution < 1.29 is 23.0 Å². The lowest BCUT2D eigenvalue weighted by Crippen LogP contribution is -2.34. The van der Waals surface area contributed by atoms with Crippen LogP contribution < -0.4 is 9.47 Å². The molecule has 0 spiro atoms. The maximum atomic E-state index is 14.4. The molecular formula is C37H50F2O3. The fourth-order valence-corrected chi connectivity index (χ4v) is 7.60. The fourth-order valence-electron chi connectivity index (χ4n) is 7.60. The van der Waals surface area contributed by atoms with E-state index in [2.05, 4.69) is 57.2 Å². The Morgan fingerprint density at radius 2 is 1.57 bits per heavy atom. The quantitative estimate of drug-likeness (QED) is 0.261. The van der Waals surface area contributed by atoms with E-state index in [1.165, 1.54) is 61.8 Å². The summed E-state index contributed by atoms with van der Waals surface area (Å²) < 4.78 is 46.0. The van der Waals surface area contributed by atoms with Crippen LogP contribution in [0.3, 0.4) is 0 Å². The first-order valence-corrected chi connectivity index (χ1v) is 16.4. The number of allylic oxidation sites excluding steroid dienone is 4. The van der Waals surface area contributed by atoms with E-state index in [1.54, 1.807) is 6.92 Å². The topological polar surface area (TPSA) is 27.7 Å². The van der Waals surface area contributed by atoms with E-state index in [9.17, 15) is 8.78 Å². The lowest BCUT2D eigenvalue weighted by molar-refractivity contribution is 0.0212. The van der Waals surface area contributed by atoms with Gasteiger partial charge in [0.1, 0.15) is 0 Å². The highest BCUT2D eigenvalue weighted by molar-refractivity contribution is 5.35. The number of ether oxygens (including phenoxy) is 3. The van der Waals surface area contributed by atoms with Crippen molar-refractivity contribution in [2.75, 3.05) is 19.8 Å². The van der Waals surface area contributed by atoms with Crippen LogP contribution in [0, 0.1) is 40.7 Å². The third-order valence-corrected chi connectivity index (χ3v) is 10.3. The van der Waals surface area contributed by atoms with Crippen LogP contribution in [0.2, 0.25) is 0 Å². The van der Waals surface area contributed by atoms with Gasteiger partial charge in [-0.1, -0.05) is 56.7 Å². The van der Waals surface area contributed by atoms with Crippen LogP contribution in [0.1, 0.15) is 91.9 Å². The Balaban J connectivity index is 1.06. The molecule has 2 saturated carbocycles. The normalized spacial score (nSPS) is 32.6. The maximum Gasteiger partial charge on any atom is 0.204 e. The maximum absolute atomic E-state index is 14.4. The van der Waals surface area contributed by atoms with Gasteiger partial charge in [0.2, 0.25) is 11.6 Å². The van der Waals surface area contributed by atoms with Gasteiger partial charge in [-0.2, -0.15) is 8.78 Å². The van der Waals surface area contributed by atoms with Crippen LogP contribution in [0.15, 0.2) is 59.7 Å². The summed E-state index contributed by atoms with van der Waals surface area (Å²) in [7, 11) is 0. The lowest BCUT2D eigenvalue weighted by atomic mass is 9.63. The molecule has 0 saturated heterocycles. The third-order valence-electron chi connectivity index (χ3n) is 10.3. The van der Waals surface area contributed by atoms with Gasteiger partial charge in [-0.3, -0.25) is 0 Å². The molecule has 6 unspecified atom stereocenters. The van der Waals surface area contributed by atoms with E-state index in [0.717, 1.165) is 31.6 Å². The number of rotatable bonds is 11. The van der Waals surface area contributed by atoms with Crippen molar-refractivity contribution in [3.8, 4) is 11.5 Å². The van der Waals surface area contributed by atoms with Gasteiger partial charge in [0.15, 0.2) is 11.5 Å². The first-order valence-electron chi connectivity index (χ1n) is 16.4. The minimum Gasteiger partial charge on any atom is -0.491 e. The third kappa shape index (κ3) is 7.38. The average Bonchev–Trinajstić information content (AvgIpc) is 2.99. The van der Waals surface area contributed by atoms with Gasteiger partial charge in [0, 0.05) is 0 Å². The summed E-state index contributed by atoms with van der Waals surface area (Å²) in [4.78, 5) is 0. The van der Waals surface area contributed by atoms with E-state index in [-0.39, 0.29) is 17.1 Å². The Bertz CT molecular complexity index is 1220. The summed E-state index contributed by atoms with van der Waals surface area (Å²) >= 11 is 0. The molecule has 2 fully saturated rings. The average molecular weight is 581 g/mol. The zero-order valence-electron chi connectivity index (χ0n) is 26.1. The van der Waals surface area contributed by atoms with Crippen LogP contribution >= 0.6 is 0 Å². The number of halogens is 2. The lowest BCUT2D eigenvalue weighted by Gasteiger charge is -2.43. The molecule has 230 valence electrons. The minimum absolute atomic E-state index is 0.0179. The van der Waals surface area contributed by atoms with Crippen molar-refractivity contribution in [3.05, 3.63) is 71.4 Å². The molecule has 5 heteroatoms. The van der Waals surface area contributed by atoms with Gasteiger partial charge in [-0.25, -0.2) is 0 Å². The SMILES string of the molecule is CCCC1(C)C=CC(COC2(C)C=CC(C3CCC4CC(COc5ccc(OCC)c(F)c5F)CCC4C3)=CC2)=CC1. The molecule has 0 bridgehead atoms. The molecule has 1 aromatic rings. The first-order chi connectivity index (χ1) is 20.2. The second-order valence-corrected chi connectivity index (χ2v) is 13.7. The molecule has 6 atom stereocenters. The molecule has 1 aromatic carbocycles. The largest absolute Gasteiger partial charge is 0.491 e. The molecule has 0 amide bonds. The molecule has 0 aliphatic heterocycles. The second kappa shape index (κ2) is 13.5. The summed E-state index contributed by atoms with van der Waals surface area (Å²) in [5, 5.41) is 0. The van der Waals surface area contributed by atoms with Gasteiger partial charge < -0.3 is 14.2 Å². The zero-order valence-corrected chi connectivity index (χ0v) is 26.1. The Labute approximate surface area is 252 Å². The molecular weight excluding hydrogens is 530 g/mol. The standard InChI is InChI=1S/C37H50F2O3/c1-5-17-36(3)18-13-26(14-19-36)25-42-37(4)20-15-28(16-21-37)30-10-9-29-22-27(7-8-31(29)23-30)24-41-33-12-11-32(40-6-2)34(38)35(33)39/h11-16,18,20,27,29-31H,5-10,17,19,21-25H2,1-4H3. The van der Waals surface area contributed by atoms with E-state index in [4.69, 9.17) is 14.2 Å².